The molecule has 0 rings (SSSR count). The third-order valence-electron chi connectivity index (χ3n) is 4.09. The van der Waals surface area contributed by atoms with Crippen LogP contribution in [0.4, 0.5) is 0 Å². The Morgan fingerprint density at radius 2 is 1.32 bits per heavy atom. The van der Waals surface area contributed by atoms with Crippen molar-refractivity contribution in [3.8, 4) is 0 Å². The van der Waals surface area contributed by atoms with Crippen molar-refractivity contribution in [2.24, 2.45) is 16.7 Å². The Balaban J connectivity index is 5.20. The minimum atomic E-state index is -0.471. The minimum Gasteiger partial charge on any atom is -0.354 e. The Morgan fingerprint density at radius 3 is 1.64 bits per heavy atom. The molecule has 3 heteroatoms. The van der Waals surface area contributed by atoms with Crippen molar-refractivity contribution in [3.05, 3.63) is 0 Å². The van der Waals surface area contributed by atoms with Crippen LogP contribution in [0, 0.1) is 16.7 Å². The molecule has 0 saturated carbocycles. The molecule has 0 bridgehead atoms. The van der Waals surface area contributed by atoms with Gasteiger partial charge in [0, 0.05) is 19.1 Å². The molecule has 1 unspecified atom stereocenters. The van der Waals surface area contributed by atoms with E-state index in [0.29, 0.717) is 22.3 Å². The van der Waals surface area contributed by atoms with Gasteiger partial charge in [0.1, 0.15) is 5.41 Å². The largest absolute Gasteiger partial charge is 0.354 e. The SMILES string of the molecule is CCOC(OCC)([SiH2]C(C)C)C(C)CC(C)(C)CC(C)(C)C. The molecule has 0 amide bonds. The Bertz CT molecular complexity index is 299. The van der Waals surface area contributed by atoms with Crippen LogP contribution in [0.1, 0.15) is 82.1 Å². The molecule has 0 saturated heterocycles. The molecule has 0 fully saturated rings. The second-order valence-electron chi connectivity index (χ2n) is 9.28. The van der Waals surface area contributed by atoms with Gasteiger partial charge in [-0.05, 0) is 37.5 Å². The van der Waals surface area contributed by atoms with Gasteiger partial charge < -0.3 is 9.47 Å². The summed E-state index contributed by atoms with van der Waals surface area (Å²) in [6.45, 7) is 24.4. The van der Waals surface area contributed by atoms with Crippen molar-refractivity contribution in [1.82, 2.24) is 0 Å². The van der Waals surface area contributed by atoms with Gasteiger partial charge in [0.2, 0.25) is 0 Å². The van der Waals surface area contributed by atoms with Gasteiger partial charge in [-0.3, -0.25) is 0 Å². The smallest absolute Gasteiger partial charge is 0.147 e. The van der Waals surface area contributed by atoms with E-state index in [4.69, 9.17) is 9.47 Å². The lowest BCUT2D eigenvalue weighted by molar-refractivity contribution is -0.209. The molecule has 0 aromatic rings. The van der Waals surface area contributed by atoms with Crippen molar-refractivity contribution >= 4 is 9.52 Å². The molecule has 22 heavy (non-hydrogen) atoms. The third-order valence-corrected chi connectivity index (χ3v) is 6.58. The van der Waals surface area contributed by atoms with E-state index in [1.54, 1.807) is 0 Å². The molecule has 0 aliphatic heterocycles. The molecule has 0 aliphatic rings. The van der Waals surface area contributed by atoms with Gasteiger partial charge in [-0.25, -0.2) is 0 Å². The van der Waals surface area contributed by atoms with Crippen LogP contribution in [0.5, 0.6) is 0 Å². The van der Waals surface area contributed by atoms with Crippen LogP contribution in [0.2, 0.25) is 5.54 Å². The second kappa shape index (κ2) is 8.84. The van der Waals surface area contributed by atoms with E-state index in [9.17, 15) is 0 Å². The summed E-state index contributed by atoms with van der Waals surface area (Å²) in [4.78, 5) is 0. The Hall–Kier alpha value is 0.137. The highest BCUT2D eigenvalue weighted by Crippen LogP contribution is 2.41. The Morgan fingerprint density at radius 1 is 0.864 bits per heavy atom. The first-order valence-electron chi connectivity index (χ1n) is 9.15. The standard InChI is InChI=1S/C19H42O2Si/c1-11-20-19(21-12-2,22-15(3)4)16(5)13-18(9,10)14-17(6,7)8/h15-16H,11-14,22H2,1-10H3. The maximum atomic E-state index is 6.26. The van der Waals surface area contributed by atoms with Gasteiger partial charge in [-0.15, -0.1) is 0 Å². The predicted octanol–water partition coefficient (Wildman–Crippen LogP) is 5.20. The van der Waals surface area contributed by atoms with Gasteiger partial charge in [-0.1, -0.05) is 60.9 Å². The summed E-state index contributed by atoms with van der Waals surface area (Å²) in [7, 11) is -0.471. The molecule has 0 N–H and O–H groups in total. The van der Waals surface area contributed by atoms with Crippen LogP contribution >= 0.6 is 0 Å². The topological polar surface area (TPSA) is 18.5 Å². The fraction of sp³-hybridized carbons (Fsp3) is 1.00. The normalized spacial score (nSPS) is 16.0. The first-order valence-corrected chi connectivity index (χ1v) is 10.7. The van der Waals surface area contributed by atoms with Crippen molar-refractivity contribution < 1.29 is 9.47 Å². The zero-order chi connectivity index (χ0) is 17.6. The molecule has 1 atom stereocenters. The van der Waals surface area contributed by atoms with Crippen LogP contribution in [0.25, 0.3) is 0 Å². The molecule has 0 spiro atoms. The summed E-state index contributed by atoms with van der Waals surface area (Å²) in [5.74, 6) is 0.443. The van der Waals surface area contributed by atoms with E-state index in [1.165, 1.54) is 6.42 Å². The average molecular weight is 331 g/mol. The maximum Gasteiger partial charge on any atom is 0.147 e. The fourth-order valence-corrected chi connectivity index (χ4v) is 6.52. The molecular weight excluding hydrogens is 288 g/mol. The van der Waals surface area contributed by atoms with Crippen molar-refractivity contribution in [2.45, 2.75) is 93.0 Å². The molecule has 0 heterocycles. The van der Waals surface area contributed by atoms with Gasteiger partial charge in [0.25, 0.3) is 0 Å². The van der Waals surface area contributed by atoms with Crippen LogP contribution in [-0.4, -0.2) is 28.1 Å². The van der Waals surface area contributed by atoms with E-state index in [0.717, 1.165) is 19.6 Å². The lowest BCUT2D eigenvalue weighted by Gasteiger charge is -2.44. The first kappa shape index (κ1) is 22.1. The van der Waals surface area contributed by atoms with E-state index in [1.807, 2.05) is 0 Å². The molecule has 0 aliphatic carbocycles. The quantitative estimate of drug-likeness (QED) is 0.405. The first-order chi connectivity index (χ1) is 9.87. The summed E-state index contributed by atoms with van der Waals surface area (Å²) in [5, 5.41) is 0. The number of hydrogen-bond donors (Lipinski definition) is 0. The second-order valence-corrected chi connectivity index (χ2v) is 12.3. The van der Waals surface area contributed by atoms with E-state index in [-0.39, 0.29) is 5.41 Å². The summed E-state index contributed by atoms with van der Waals surface area (Å²) in [6, 6.07) is 0. The Labute approximate surface area is 142 Å². The molecule has 0 aromatic carbocycles. The lowest BCUT2D eigenvalue weighted by atomic mass is 9.72. The number of hydrogen-bond acceptors (Lipinski definition) is 2. The van der Waals surface area contributed by atoms with Gasteiger partial charge in [-0.2, -0.15) is 0 Å². The van der Waals surface area contributed by atoms with Crippen molar-refractivity contribution in [3.63, 3.8) is 0 Å². The van der Waals surface area contributed by atoms with Gasteiger partial charge in [0.15, 0.2) is 0 Å². The van der Waals surface area contributed by atoms with Crippen LogP contribution in [-0.2, 0) is 9.47 Å². The lowest BCUT2D eigenvalue weighted by Crippen LogP contribution is -2.50. The highest BCUT2D eigenvalue weighted by molar-refractivity contribution is 6.40. The van der Waals surface area contributed by atoms with Gasteiger partial charge in [0.05, 0.1) is 9.52 Å². The van der Waals surface area contributed by atoms with E-state index in [2.05, 4.69) is 69.2 Å². The monoisotopic (exact) mass is 330 g/mol. The molecule has 0 aromatic heterocycles. The fourth-order valence-electron chi connectivity index (χ4n) is 4.20. The van der Waals surface area contributed by atoms with Crippen LogP contribution < -0.4 is 0 Å². The van der Waals surface area contributed by atoms with E-state index < -0.39 is 9.52 Å². The summed E-state index contributed by atoms with van der Waals surface area (Å²) in [6.07, 6.45) is 2.38. The summed E-state index contributed by atoms with van der Waals surface area (Å²) >= 11 is 0. The highest BCUT2D eigenvalue weighted by Gasteiger charge is 2.41. The summed E-state index contributed by atoms with van der Waals surface area (Å²) in [5.41, 5.74) is 1.07. The molecule has 134 valence electrons. The van der Waals surface area contributed by atoms with Gasteiger partial charge >= 0.3 is 0 Å². The molecular formula is C19H42O2Si. The number of rotatable bonds is 10. The Kier molecular flexibility index (Phi) is 8.90. The van der Waals surface area contributed by atoms with E-state index >= 15 is 0 Å². The van der Waals surface area contributed by atoms with Crippen molar-refractivity contribution in [2.75, 3.05) is 13.2 Å². The van der Waals surface area contributed by atoms with Crippen LogP contribution in [0.15, 0.2) is 0 Å². The van der Waals surface area contributed by atoms with Crippen LogP contribution in [0.3, 0.4) is 0 Å². The zero-order valence-electron chi connectivity index (χ0n) is 17.0. The minimum absolute atomic E-state index is 0.299. The zero-order valence-corrected chi connectivity index (χ0v) is 18.4. The van der Waals surface area contributed by atoms with Crippen molar-refractivity contribution in [1.29, 1.82) is 0 Å². The maximum absolute atomic E-state index is 6.26. The predicted molar refractivity (Wildman–Crippen MR) is 101 cm³/mol. The third kappa shape index (κ3) is 8.12. The highest BCUT2D eigenvalue weighted by atomic mass is 28.2. The average Bonchev–Trinajstić information content (AvgIpc) is 2.24. The molecule has 2 nitrogen and oxygen atoms in total. The number of ether oxygens (including phenoxy) is 2. The molecule has 0 radical (unpaired) electrons. The summed E-state index contributed by atoms with van der Waals surface area (Å²) < 4.78 is 12.5.